The van der Waals surface area contributed by atoms with Gasteiger partial charge in [-0.05, 0) is 26.7 Å². The van der Waals surface area contributed by atoms with Crippen molar-refractivity contribution in [1.29, 1.82) is 0 Å². The normalized spacial score (nSPS) is 13.2. The van der Waals surface area contributed by atoms with Crippen molar-refractivity contribution in [2.24, 2.45) is 5.92 Å². The minimum atomic E-state index is -5.02. The van der Waals surface area contributed by atoms with Crippen molar-refractivity contribution in [2.75, 3.05) is 19.8 Å². The number of ether oxygens (including phenoxy) is 2. The first kappa shape index (κ1) is 16.9. The molecule has 0 aromatic carbocycles. The fourth-order valence-electron chi connectivity index (χ4n) is 1.33. The molecule has 1 atom stereocenters. The van der Waals surface area contributed by atoms with Crippen LogP contribution in [0.1, 0.15) is 26.7 Å². The number of alkyl halides is 3. The lowest BCUT2D eigenvalue weighted by Gasteiger charge is -2.15. The number of carbonyl (C=O) groups excluding carboxylic acids is 2. The third kappa shape index (κ3) is 6.00. The molecule has 0 amide bonds. The van der Waals surface area contributed by atoms with Crippen molar-refractivity contribution in [3.8, 4) is 0 Å². The Kier molecular flexibility index (Phi) is 7.58. The van der Waals surface area contributed by atoms with E-state index < -0.39 is 23.8 Å². The Hall–Kier alpha value is -1.11. The van der Waals surface area contributed by atoms with Gasteiger partial charge >= 0.3 is 12.1 Å². The maximum absolute atomic E-state index is 12.3. The third-order valence-corrected chi connectivity index (χ3v) is 2.15. The highest BCUT2D eigenvalue weighted by Gasteiger charge is 2.46. The molecule has 0 radical (unpaired) electrons. The first-order valence-electron chi connectivity index (χ1n) is 5.70. The van der Waals surface area contributed by atoms with Gasteiger partial charge in [-0.2, -0.15) is 13.2 Å². The Morgan fingerprint density at radius 1 is 1.17 bits per heavy atom. The molecule has 0 saturated carbocycles. The molecule has 7 heteroatoms. The van der Waals surface area contributed by atoms with Gasteiger partial charge in [0.15, 0.2) is 0 Å². The predicted octanol–water partition coefficient (Wildman–Crippen LogP) is 2.11. The van der Waals surface area contributed by atoms with E-state index in [4.69, 9.17) is 4.74 Å². The minimum absolute atomic E-state index is 0.0636. The number of hydrogen-bond acceptors (Lipinski definition) is 4. The first-order chi connectivity index (χ1) is 8.34. The Labute approximate surface area is 103 Å². The SMILES string of the molecule is CCOCCCC(C(=O)OCC)C(=O)C(F)(F)F. The summed E-state index contributed by atoms with van der Waals surface area (Å²) < 4.78 is 46.3. The summed E-state index contributed by atoms with van der Waals surface area (Å²) in [5, 5.41) is 0. The second-order valence-corrected chi connectivity index (χ2v) is 3.51. The standard InChI is InChI=1S/C11H17F3O4/c1-3-17-7-5-6-8(10(16)18-4-2)9(15)11(12,13)14/h8H,3-7H2,1-2H3. The van der Waals surface area contributed by atoms with Gasteiger partial charge in [0.1, 0.15) is 5.92 Å². The Balaban J connectivity index is 4.53. The highest BCUT2D eigenvalue weighted by Crippen LogP contribution is 2.24. The monoisotopic (exact) mass is 270 g/mol. The number of hydrogen-bond donors (Lipinski definition) is 0. The molecule has 0 aromatic heterocycles. The highest BCUT2D eigenvalue weighted by atomic mass is 19.4. The summed E-state index contributed by atoms with van der Waals surface area (Å²) in [5.41, 5.74) is 0. The lowest BCUT2D eigenvalue weighted by molar-refractivity contribution is -0.181. The van der Waals surface area contributed by atoms with Crippen molar-refractivity contribution in [3.63, 3.8) is 0 Å². The predicted molar refractivity (Wildman–Crippen MR) is 56.9 cm³/mol. The van der Waals surface area contributed by atoms with Crippen molar-refractivity contribution in [3.05, 3.63) is 0 Å². The van der Waals surface area contributed by atoms with Gasteiger partial charge in [0.2, 0.25) is 5.78 Å². The minimum Gasteiger partial charge on any atom is -0.465 e. The molecule has 0 aliphatic rings. The van der Waals surface area contributed by atoms with Gasteiger partial charge in [0.05, 0.1) is 6.61 Å². The largest absolute Gasteiger partial charge is 0.465 e. The van der Waals surface area contributed by atoms with Crippen LogP contribution in [0.2, 0.25) is 0 Å². The molecule has 0 aliphatic heterocycles. The maximum atomic E-state index is 12.3. The summed E-state index contributed by atoms with van der Waals surface area (Å²) in [6.45, 7) is 3.78. The molecular formula is C11H17F3O4. The Bertz CT molecular complexity index is 276. The van der Waals surface area contributed by atoms with E-state index in [2.05, 4.69) is 4.74 Å². The average molecular weight is 270 g/mol. The molecule has 0 N–H and O–H groups in total. The summed E-state index contributed by atoms with van der Waals surface area (Å²) >= 11 is 0. The summed E-state index contributed by atoms with van der Waals surface area (Å²) in [5.74, 6) is -4.97. The van der Waals surface area contributed by atoms with E-state index in [0.29, 0.717) is 6.61 Å². The van der Waals surface area contributed by atoms with Gasteiger partial charge in [-0.3, -0.25) is 9.59 Å². The van der Waals surface area contributed by atoms with E-state index in [-0.39, 0.29) is 26.1 Å². The van der Waals surface area contributed by atoms with Crippen LogP contribution in [0.3, 0.4) is 0 Å². The zero-order valence-corrected chi connectivity index (χ0v) is 10.4. The second kappa shape index (κ2) is 8.07. The van der Waals surface area contributed by atoms with Gasteiger partial charge in [-0.25, -0.2) is 0 Å². The van der Waals surface area contributed by atoms with E-state index in [9.17, 15) is 22.8 Å². The van der Waals surface area contributed by atoms with E-state index in [0.717, 1.165) is 0 Å². The van der Waals surface area contributed by atoms with Crippen LogP contribution < -0.4 is 0 Å². The van der Waals surface area contributed by atoms with Crippen molar-refractivity contribution in [2.45, 2.75) is 32.9 Å². The molecular weight excluding hydrogens is 253 g/mol. The zero-order valence-electron chi connectivity index (χ0n) is 10.4. The summed E-state index contributed by atoms with van der Waals surface area (Å²) in [4.78, 5) is 22.4. The molecule has 106 valence electrons. The van der Waals surface area contributed by atoms with E-state index in [1.54, 1.807) is 6.92 Å². The molecule has 0 fully saturated rings. The number of halogens is 3. The molecule has 0 spiro atoms. The molecule has 4 nitrogen and oxygen atoms in total. The molecule has 0 bridgehead atoms. The smallest absolute Gasteiger partial charge is 0.450 e. The van der Waals surface area contributed by atoms with E-state index in [1.165, 1.54) is 6.92 Å². The van der Waals surface area contributed by atoms with Crippen LogP contribution in [0.25, 0.3) is 0 Å². The lowest BCUT2D eigenvalue weighted by Crippen LogP contribution is -2.36. The quantitative estimate of drug-likeness (QED) is 0.385. The molecule has 0 aromatic rings. The molecule has 0 saturated heterocycles. The van der Waals surface area contributed by atoms with Crippen molar-refractivity contribution in [1.82, 2.24) is 0 Å². The van der Waals surface area contributed by atoms with Gasteiger partial charge in [0, 0.05) is 13.2 Å². The molecule has 18 heavy (non-hydrogen) atoms. The van der Waals surface area contributed by atoms with Crippen LogP contribution in [-0.4, -0.2) is 37.7 Å². The topological polar surface area (TPSA) is 52.6 Å². The van der Waals surface area contributed by atoms with Crippen molar-refractivity contribution >= 4 is 11.8 Å². The van der Waals surface area contributed by atoms with Gasteiger partial charge in [0.25, 0.3) is 0 Å². The average Bonchev–Trinajstić information content (AvgIpc) is 2.27. The second-order valence-electron chi connectivity index (χ2n) is 3.51. The lowest BCUT2D eigenvalue weighted by atomic mass is 9.98. The summed E-state index contributed by atoms with van der Waals surface area (Å²) in [7, 11) is 0. The third-order valence-electron chi connectivity index (χ3n) is 2.15. The molecule has 1 unspecified atom stereocenters. The van der Waals surface area contributed by atoms with Gasteiger partial charge in [-0.15, -0.1) is 0 Å². The van der Waals surface area contributed by atoms with Gasteiger partial charge < -0.3 is 9.47 Å². The van der Waals surface area contributed by atoms with E-state index in [1.807, 2.05) is 0 Å². The number of carbonyl (C=O) groups is 2. The van der Waals surface area contributed by atoms with Crippen LogP contribution in [-0.2, 0) is 19.1 Å². The van der Waals surface area contributed by atoms with Crippen LogP contribution in [0, 0.1) is 5.92 Å². The summed E-state index contributed by atoms with van der Waals surface area (Å²) in [6, 6.07) is 0. The number of ketones is 1. The van der Waals surface area contributed by atoms with Crippen LogP contribution in [0.4, 0.5) is 13.2 Å². The molecule has 0 heterocycles. The van der Waals surface area contributed by atoms with Crippen molar-refractivity contribution < 1.29 is 32.2 Å². The Morgan fingerprint density at radius 3 is 2.22 bits per heavy atom. The van der Waals surface area contributed by atoms with Crippen LogP contribution >= 0.6 is 0 Å². The summed E-state index contributed by atoms with van der Waals surface area (Å²) in [6.07, 6.45) is -5.06. The van der Waals surface area contributed by atoms with Crippen LogP contribution in [0.5, 0.6) is 0 Å². The number of Topliss-reactive ketones (excluding diaryl/α,β-unsaturated/α-hetero) is 1. The fraction of sp³-hybridized carbons (Fsp3) is 0.818. The maximum Gasteiger partial charge on any atom is 0.450 e. The fourth-order valence-corrected chi connectivity index (χ4v) is 1.33. The Morgan fingerprint density at radius 2 is 1.78 bits per heavy atom. The van der Waals surface area contributed by atoms with Crippen LogP contribution in [0.15, 0.2) is 0 Å². The highest BCUT2D eigenvalue weighted by molar-refractivity contribution is 6.01. The zero-order chi connectivity index (χ0) is 14.2. The molecule has 0 aliphatic carbocycles. The number of esters is 1. The first-order valence-corrected chi connectivity index (χ1v) is 5.70. The van der Waals surface area contributed by atoms with Gasteiger partial charge in [-0.1, -0.05) is 0 Å². The number of rotatable bonds is 8. The molecule has 0 rings (SSSR count). The van der Waals surface area contributed by atoms with E-state index >= 15 is 0 Å².